The molecule has 0 aromatic heterocycles. The quantitative estimate of drug-likeness (QED) is 0.623. The Balaban J connectivity index is 2.07. The van der Waals surface area contributed by atoms with E-state index in [0.29, 0.717) is 0 Å². The van der Waals surface area contributed by atoms with Crippen LogP contribution in [0.25, 0.3) is 0 Å². The highest BCUT2D eigenvalue weighted by atomic mass is 35.5. The van der Waals surface area contributed by atoms with E-state index in [0.717, 1.165) is 25.7 Å². The fourth-order valence-electron chi connectivity index (χ4n) is 1.85. The average molecular weight is 288 g/mol. The number of hydrogen-bond donors (Lipinski definition) is 1. The molecule has 0 aliphatic heterocycles. The van der Waals surface area contributed by atoms with Crippen molar-refractivity contribution in [1.29, 1.82) is 0 Å². The van der Waals surface area contributed by atoms with Crippen LogP contribution in [0.15, 0.2) is 0 Å². The highest BCUT2D eigenvalue weighted by molar-refractivity contribution is 6.20. The zero-order valence-corrected chi connectivity index (χ0v) is 10.7. The molecule has 18 heavy (non-hydrogen) atoms. The molecule has 1 fully saturated rings. The lowest BCUT2D eigenvalue weighted by Crippen LogP contribution is -2.38. The number of hydrogen-bond acceptors (Lipinski definition) is 2. The third kappa shape index (κ3) is 7.06. The lowest BCUT2D eigenvalue weighted by atomic mass is 9.95. The van der Waals surface area contributed by atoms with E-state index in [4.69, 9.17) is 11.6 Å². The van der Waals surface area contributed by atoms with Crippen LogP contribution < -0.4 is 5.32 Å². The Morgan fingerprint density at radius 1 is 1.28 bits per heavy atom. The van der Waals surface area contributed by atoms with Gasteiger partial charge in [-0.1, -0.05) is 0 Å². The van der Waals surface area contributed by atoms with E-state index < -0.39 is 12.8 Å². The number of carbonyl (C=O) groups is 1. The fraction of sp³-hybridized carbons (Fsp3) is 0.909. The molecule has 0 aromatic carbocycles. The fourth-order valence-corrected chi connectivity index (χ4v) is 2.10. The van der Waals surface area contributed by atoms with Crippen LogP contribution in [0.4, 0.5) is 13.2 Å². The Morgan fingerprint density at radius 2 is 1.89 bits per heavy atom. The summed E-state index contributed by atoms with van der Waals surface area (Å²) in [5.41, 5.74) is 0. The van der Waals surface area contributed by atoms with Gasteiger partial charge in [0.2, 0.25) is 5.91 Å². The van der Waals surface area contributed by atoms with Crippen LogP contribution in [0.3, 0.4) is 0 Å². The van der Waals surface area contributed by atoms with Crippen molar-refractivity contribution in [1.82, 2.24) is 5.32 Å². The van der Waals surface area contributed by atoms with E-state index in [1.165, 1.54) is 0 Å². The van der Waals surface area contributed by atoms with Crippen LogP contribution in [0, 0.1) is 0 Å². The summed E-state index contributed by atoms with van der Waals surface area (Å²) in [4.78, 5) is 11.4. The Kier molecular flexibility index (Phi) is 6.21. The van der Waals surface area contributed by atoms with Gasteiger partial charge in [0, 0.05) is 17.8 Å². The summed E-state index contributed by atoms with van der Waals surface area (Å²) in [6.07, 6.45) is -1.02. The predicted octanol–water partition coefficient (Wildman–Crippen LogP) is 2.62. The molecule has 0 spiro atoms. The molecule has 1 amide bonds. The van der Waals surface area contributed by atoms with Gasteiger partial charge in [-0.25, -0.2) is 0 Å². The maximum atomic E-state index is 11.8. The lowest BCUT2D eigenvalue weighted by molar-refractivity contribution is -0.174. The van der Waals surface area contributed by atoms with Crippen LogP contribution >= 0.6 is 11.6 Å². The van der Waals surface area contributed by atoms with Gasteiger partial charge in [-0.15, -0.1) is 11.6 Å². The Bertz CT molecular complexity index is 266. The van der Waals surface area contributed by atoms with E-state index in [2.05, 4.69) is 10.1 Å². The molecule has 0 aromatic rings. The standard InChI is InChI=1S/C11H17ClF3NO2/c12-8-1-3-9(4-2-8)16-10(17)5-6-18-7-11(13,14)15/h8-9H,1-7H2,(H,16,17). The molecule has 0 heterocycles. The SMILES string of the molecule is O=C(CCOCC(F)(F)F)NC1CCC(Cl)CC1. The molecule has 106 valence electrons. The van der Waals surface area contributed by atoms with E-state index in [1.807, 2.05) is 0 Å². The number of alkyl halides is 4. The molecule has 0 saturated heterocycles. The van der Waals surface area contributed by atoms with Gasteiger partial charge in [0.05, 0.1) is 6.61 Å². The van der Waals surface area contributed by atoms with Crippen LogP contribution in [0.5, 0.6) is 0 Å². The first kappa shape index (κ1) is 15.6. The van der Waals surface area contributed by atoms with Gasteiger partial charge in [-0.05, 0) is 25.7 Å². The Hall–Kier alpha value is -0.490. The number of halogens is 4. The molecule has 0 radical (unpaired) electrons. The summed E-state index contributed by atoms with van der Waals surface area (Å²) in [6, 6.07) is 0.0927. The van der Waals surface area contributed by atoms with Gasteiger partial charge >= 0.3 is 6.18 Å². The maximum absolute atomic E-state index is 11.8. The maximum Gasteiger partial charge on any atom is 0.411 e. The molecule has 0 atom stereocenters. The minimum atomic E-state index is -4.34. The van der Waals surface area contributed by atoms with Crippen molar-refractivity contribution in [2.24, 2.45) is 0 Å². The molecular weight excluding hydrogens is 271 g/mol. The number of rotatable bonds is 5. The van der Waals surface area contributed by atoms with E-state index >= 15 is 0 Å². The summed E-state index contributed by atoms with van der Waals surface area (Å²) < 4.78 is 39.6. The van der Waals surface area contributed by atoms with E-state index in [9.17, 15) is 18.0 Å². The highest BCUT2D eigenvalue weighted by Crippen LogP contribution is 2.22. The zero-order chi connectivity index (χ0) is 13.6. The second kappa shape index (κ2) is 7.19. The van der Waals surface area contributed by atoms with Crippen molar-refractivity contribution in [2.45, 2.75) is 49.7 Å². The second-order valence-electron chi connectivity index (χ2n) is 4.43. The minimum absolute atomic E-state index is 0.0448. The van der Waals surface area contributed by atoms with Gasteiger partial charge in [-0.3, -0.25) is 4.79 Å². The van der Waals surface area contributed by atoms with Crippen LogP contribution in [0.2, 0.25) is 0 Å². The van der Waals surface area contributed by atoms with Crippen LogP contribution in [0.1, 0.15) is 32.1 Å². The molecule has 1 rings (SSSR count). The molecule has 1 aliphatic rings. The summed E-state index contributed by atoms with van der Waals surface area (Å²) in [5, 5.41) is 2.95. The molecule has 1 aliphatic carbocycles. The minimum Gasteiger partial charge on any atom is -0.372 e. The van der Waals surface area contributed by atoms with Crippen molar-refractivity contribution in [3.8, 4) is 0 Å². The van der Waals surface area contributed by atoms with Gasteiger partial charge in [-0.2, -0.15) is 13.2 Å². The number of amides is 1. The smallest absolute Gasteiger partial charge is 0.372 e. The number of nitrogens with one attached hydrogen (secondary N) is 1. The molecule has 0 bridgehead atoms. The van der Waals surface area contributed by atoms with Gasteiger partial charge in [0.15, 0.2) is 0 Å². The molecule has 7 heteroatoms. The summed E-state index contributed by atoms with van der Waals surface area (Å²) in [5.74, 6) is -0.268. The lowest BCUT2D eigenvalue weighted by Gasteiger charge is -2.25. The first-order valence-electron chi connectivity index (χ1n) is 5.95. The molecule has 3 nitrogen and oxygen atoms in total. The third-order valence-electron chi connectivity index (χ3n) is 2.76. The average Bonchev–Trinajstić information content (AvgIpc) is 2.26. The Labute approximate surface area is 109 Å². The van der Waals surface area contributed by atoms with Gasteiger partial charge < -0.3 is 10.1 Å². The van der Waals surface area contributed by atoms with E-state index in [-0.39, 0.29) is 30.4 Å². The van der Waals surface area contributed by atoms with Crippen LogP contribution in [-0.4, -0.2) is 36.7 Å². The van der Waals surface area contributed by atoms with Crippen molar-refractivity contribution in [2.75, 3.05) is 13.2 Å². The van der Waals surface area contributed by atoms with Crippen molar-refractivity contribution in [3.05, 3.63) is 0 Å². The topological polar surface area (TPSA) is 38.3 Å². The number of ether oxygens (including phenoxy) is 1. The van der Waals surface area contributed by atoms with Gasteiger partial charge in [0.25, 0.3) is 0 Å². The molecular formula is C11H17ClF3NO2. The van der Waals surface area contributed by atoms with Crippen LogP contribution in [-0.2, 0) is 9.53 Å². The van der Waals surface area contributed by atoms with Crippen molar-refractivity contribution >= 4 is 17.5 Å². The van der Waals surface area contributed by atoms with Crippen molar-refractivity contribution < 1.29 is 22.7 Å². The first-order valence-corrected chi connectivity index (χ1v) is 6.38. The highest BCUT2D eigenvalue weighted by Gasteiger charge is 2.27. The Morgan fingerprint density at radius 3 is 2.44 bits per heavy atom. The van der Waals surface area contributed by atoms with Crippen molar-refractivity contribution in [3.63, 3.8) is 0 Å². The zero-order valence-electron chi connectivity index (χ0n) is 9.93. The predicted molar refractivity (Wildman–Crippen MR) is 61.5 cm³/mol. The largest absolute Gasteiger partial charge is 0.411 e. The second-order valence-corrected chi connectivity index (χ2v) is 5.05. The molecule has 0 unspecified atom stereocenters. The summed E-state index contributed by atoms with van der Waals surface area (Å²) in [7, 11) is 0. The number of carbonyl (C=O) groups excluding carboxylic acids is 1. The summed E-state index contributed by atoms with van der Waals surface area (Å²) in [6.45, 7) is -1.52. The normalized spacial score (nSPS) is 24.9. The third-order valence-corrected chi connectivity index (χ3v) is 3.20. The monoisotopic (exact) mass is 287 g/mol. The molecule has 1 N–H and O–H groups in total. The molecule has 1 saturated carbocycles. The van der Waals surface area contributed by atoms with Gasteiger partial charge in [0.1, 0.15) is 6.61 Å². The van der Waals surface area contributed by atoms with E-state index in [1.54, 1.807) is 0 Å². The summed E-state index contributed by atoms with van der Waals surface area (Å²) >= 11 is 5.92. The first-order chi connectivity index (χ1) is 8.37.